The molecule has 2 aromatic rings. The average Bonchev–Trinajstić information content (AvgIpc) is 2.61. The number of phenols is 1. The van der Waals surface area contributed by atoms with E-state index in [1.165, 1.54) is 5.56 Å². The molecule has 1 saturated heterocycles. The molecule has 0 radical (unpaired) electrons. The van der Waals surface area contributed by atoms with Crippen LogP contribution in [0.15, 0.2) is 48.5 Å². The van der Waals surface area contributed by atoms with E-state index in [9.17, 15) is 5.11 Å². The first-order valence-corrected chi connectivity index (χ1v) is 8.15. The number of ether oxygens (including phenoxy) is 1. The van der Waals surface area contributed by atoms with Crippen molar-refractivity contribution in [2.24, 2.45) is 0 Å². The molecule has 23 heavy (non-hydrogen) atoms. The molecule has 4 nitrogen and oxygen atoms in total. The highest BCUT2D eigenvalue weighted by atomic mass is 16.5. The highest BCUT2D eigenvalue weighted by Crippen LogP contribution is 2.26. The van der Waals surface area contributed by atoms with Gasteiger partial charge in [-0.1, -0.05) is 30.3 Å². The number of aromatic hydroxyl groups is 1. The van der Waals surface area contributed by atoms with Gasteiger partial charge >= 0.3 is 0 Å². The normalized spacial score (nSPS) is 21.1. The minimum Gasteiger partial charge on any atom is -0.508 e. The number of nitrogens with one attached hydrogen (secondary N) is 2. The van der Waals surface area contributed by atoms with Crippen LogP contribution in [-0.4, -0.2) is 24.8 Å². The summed E-state index contributed by atoms with van der Waals surface area (Å²) in [6.07, 6.45) is 2.30. The maximum atomic E-state index is 9.70. The lowest BCUT2D eigenvalue weighted by atomic mass is 9.92. The van der Waals surface area contributed by atoms with Gasteiger partial charge in [-0.2, -0.15) is 0 Å². The van der Waals surface area contributed by atoms with E-state index in [4.69, 9.17) is 4.74 Å². The number of rotatable bonds is 5. The third-order valence-electron chi connectivity index (χ3n) is 4.44. The number of piperidine rings is 1. The zero-order valence-corrected chi connectivity index (χ0v) is 13.5. The van der Waals surface area contributed by atoms with Crippen molar-refractivity contribution in [1.29, 1.82) is 0 Å². The zero-order valence-electron chi connectivity index (χ0n) is 13.5. The quantitative estimate of drug-likeness (QED) is 0.794. The molecule has 1 aliphatic heterocycles. The van der Waals surface area contributed by atoms with Gasteiger partial charge in [0, 0.05) is 24.2 Å². The summed E-state index contributed by atoms with van der Waals surface area (Å²) in [6.45, 7) is 1.72. The van der Waals surface area contributed by atoms with Crippen LogP contribution in [0.1, 0.15) is 30.0 Å². The average molecular weight is 312 g/mol. The Hall–Kier alpha value is -2.04. The summed E-state index contributed by atoms with van der Waals surface area (Å²) >= 11 is 0. The molecule has 0 saturated carbocycles. The predicted molar refractivity (Wildman–Crippen MR) is 91.7 cm³/mol. The summed E-state index contributed by atoms with van der Waals surface area (Å²) in [7, 11) is 1.66. The molecule has 4 heteroatoms. The van der Waals surface area contributed by atoms with Gasteiger partial charge in [0.2, 0.25) is 0 Å². The first kappa shape index (κ1) is 15.8. The van der Waals surface area contributed by atoms with Gasteiger partial charge in [0.1, 0.15) is 11.5 Å². The van der Waals surface area contributed by atoms with Gasteiger partial charge in [-0.3, -0.25) is 0 Å². The van der Waals surface area contributed by atoms with Gasteiger partial charge in [-0.05, 0) is 43.1 Å². The van der Waals surface area contributed by atoms with Crippen LogP contribution in [0.5, 0.6) is 11.5 Å². The monoisotopic (exact) mass is 312 g/mol. The van der Waals surface area contributed by atoms with Crippen molar-refractivity contribution in [3.63, 3.8) is 0 Å². The lowest BCUT2D eigenvalue weighted by Gasteiger charge is -2.34. The number of hydrogen-bond donors (Lipinski definition) is 3. The molecule has 2 atom stereocenters. The second-order valence-electron chi connectivity index (χ2n) is 5.97. The van der Waals surface area contributed by atoms with E-state index in [1.807, 2.05) is 6.07 Å². The summed E-state index contributed by atoms with van der Waals surface area (Å²) in [5.41, 5.74) is 2.29. The summed E-state index contributed by atoms with van der Waals surface area (Å²) in [4.78, 5) is 0. The second kappa shape index (κ2) is 7.49. The van der Waals surface area contributed by atoms with Crippen LogP contribution in [0.4, 0.5) is 0 Å². The topological polar surface area (TPSA) is 53.5 Å². The van der Waals surface area contributed by atoms with Crippen molar-refractivity contribution >= 4 is 0 Å². The van der Waals surface area contributed by atoms with Crippen LogP contribution in [0, 0.1) is 0 Å². The van der Waals surface area contributed by atoms with Crippen molar-refractivity contribution in [2.75, 3.05) is 13.7 Å². The smallest absolute Gasteiger partial charge is 0.123 e. The predicted octanol–water partition coefficient (Wildman–Crippen LogP) is 2.98. The summed E-state index contributed by atoms with van der Waals surface area (Å²) < 4.78 is 5.38. The van der Waals surface area contributed by atoms with E-state index in [2.05, 4.69) is 34.9 Å². The van der Waals surface area contributed by atoms with Crippen LogP contribution in [0.2, 0.25) is 0 Å². The molecule has 1 fully saturated rings. The second-order valence-corrected chi connectivity index (χ2v) is 5.97. The Morgan fingerprint density at radius 3 is 2.83 bits per heavy atom. The van der Waals surface area contributed by atoms with Gasteiger partial charge in [0.25, 0.3) is 0 Å². The zero-order chi connectivity index (χ0) is 16.1. The lowest BCUT2D eigenvalue weighted by Crippen LogP contribution is -2.45. The minimum atomic E-state index is 0.268. The number of benzene rings is 2. The fourth-order valence-corrected chi connectivity index (χ4v) is 3.26. The number of methoxy groups -OCH3 is 1. The molecule has 3 rings (SSSR count). The lowest BCUT2D eigenvalue weighted by molar-refractivity contribution is 0.302. The standard InChI is InChI=1S/C19H24N2O2/c1-23-18-10-9-16(22)12-15(18)13-21-17-8-5-11-20-19(17)14-6-3-2-4-7-14/h2-4,6-7,9-10,12,17,19-22H,5,8,11,13H2,1H3/t17-,19-/m0/s1. The van der Waals surface area contributed by atoms with E-state index >= 15 is 0 Å². The summed E-state index contributed by atoms with van der Waals surface area (Å²) in [5, 5.41) is 17.0. The Labute approximate surface area is 137 Å². The highest BCUT2D eigenvalue weighted by molar-refractivity contribution is 5.39. The molecule has 0 aliphatic carbocycles. The van der Waals surface area contributed by atoms with E-state index in [1.54, 1.807) is 25.3 Å². The molecular weight excluding hydrogens is 288 g/mol. The number of hydrogen-bond acceptors (Lipinski definition) is 4. The van der Waals surface area contributed by atoms with Crippen molar-refractivity contribution in [3.05, 3.63) is 59.7 Å². The largest absolute Gasteiger partial charge is 0.508 e. The molecule has 122 valence electrons. The van der Waals surface area contributed by atoms with E-state index in [-0.39, 0.29) is 5.75 Å². The van der Waals surface area contributed by atoms with Gasteiger partial charge in [-0.15, -0.1) is 0 Å². The maximum Gasteiger partial charge on any atom is 0.123 e. The first-order chi connectivity index (χ1) is 11.3. The molecule has 2 aromatic carbocycles. The molecule has 3 N–H and O–H groups in total. The Morgan fingerprint density at radius 2 is 2.04 bits per heavy atom. The van der Waals surface area contributed by atoms with Gasteiger partial charge in [0.15, 0.2) is 0 Å². The van der Waals surface area contributed by atoms with Crippen LogP contribution < -0.4 is 15.4 Å². The van der Waals surface area contributed by atoms with Crippen LogP contribution in [0.25, 0.3) is 0 Å². The SMILES string of the molecule is COc1ccc(O)cc1CN[C@H]1CCCN[C@H]1c1ccccc1. The fourth-order valence-electron chi connectivity index (χ4n) is 3.26. The summed E-state index contributed by atoms with van der Waals surface area (Å²) in [6, 6.07) is 16.5. The van der Waals surface area contributed by atoms with Crippen molar-refractivity contribution in [2.45, 2.75) is 31.5 Å². The molecule has 1 aliphatic rings. The molecule has 1 heterocycles. The van der Waals surface area contributed by atoms with Crippen molar-refractivity contribution < 1.29 is 9.84 Å². The van der Waals surface area contributed by atoms with Crippen LogP contribution >= 0.6 is 0 Å². The van der Waals surface area contributed by atoms with Crippen molar-refractivity contribution in [1.82, 2.24) is 10.6 Å². The number of phenolic OH excluding ortho intramolecular Hbond substituents is 1. The van der Waals surface area contributed by atoms with Crippen LogP contribution in [0.3, 0.4) is 0 Å². The van der Waals surface area contributed by atoms with Gasteiger partial charge in [0.05, 0.1) is 7.11 Å². The molecule has 0 amide bonds. The molecule has 0 unspecified atom stereocenters. The molecule has 0 spiro atoms. The first-order valence-electron chi connectivity index (χ1n) is 8.15. The third-order valence-corrected chi connectivity index (χ3v) is 4.44. The Bertz CT molecular complexity index is 631. The van der Waals surface area contributed by atoms with E-state index < -0.39 is 0 Å². The molecular formula is C19H24N2O2. The maximum absolute atomic E-state index is 9.70. The molecule has 0 bridgehead atoms. The van der Waals surface area contributed by atoms with Crippen LogP contribution in [-0.2, 0) is 6.54 Å². The van der Waals surface area contributed by atoms with Gasteiger partial charge < -0.3 is 20.5 Å². The summed E-state index contributed by atoms with van der Waals surface area (Å²) in [5.74, 6) is 1.07. The fraction of sp³-hybridized carbons (Fsp3) is 0.368. The van der Waals surface area contributed by atoms with Crippen molar-refractivity contribution in [3.8, 4) is 11.5 Å². The highest BCUT2D eigenvalue weighted by Gasteiger charge is 2.25. The van der Waals surface area contributed by atoms with E-state index in [0.29, 0.717) is 18.6 Å². The third kappa shape index (κ3) is 3.84. The van der Waals surface area contributed by atoms with E-state index in [0.717, 1.165) is 30.7 Å². The Balaban J connectivity index is 1.72. The Morgan fingerprint density at radius 1 is 1.22 bits per heavy atom. The molecule has 0 aromatic heterocycles. The van der Waals surface area contributed by atoms with Gasteiger partial charge in [-0.25, -0.2) is 0 Å². The Kier molecular flexibility index (Phi) is 5.16. The minimum absolute atomic E-state index is 0.268.